The molecule has 0 saturated heterocycles. The maximum Gasteiger partial charge on any atom is 0.0251 e. The molecule has 0 radical (unpaired) electrons. The molecule has 0 N–H and O–H groups in total. The Balaban J connectivity index is 1.63. The number of hydrogen-bond donors (Lipinski definition) is 0. The van der Waals surface area contributed by atoms with E-state index in [-0.39, 0.29) is 0 Å². The van der Waals surface area contributed by atoms with Crippen LogP contribution in [-0.4, -0.2) is 5.88 Å². The van der Waals surface area contributed by atoms with Gasteiger partial charge in [0, 0.05) is 5.88 Å². The molecule has 0 nitrogen and oxygen atoms in total. The fraction of sp³-hybridized carbons (Fsp3) is 1.00. The lowest BCUT2D eigenvalue weighted by Gasteiger charge is -2.37. The van der Waals surface area contributed by atoms with Gasteiger partial charge in [-0.2, -0.15) is 0 Å². The van der Waals surface area contributed by atoms with Gasteiger partial charge in [-0.25, -0.2) is 0 Å². The molecule has 0 aliphatic heterocycles. The van der Waals surface area contributed by atoms with Crippen molar-refractivity contribution in [2.24, 2.45) is 23.7 Å². The predicted molar refractivity (Wildman–Crippen MR) is 85.8 cm³/mol. The van der Waals surface area contributed by atoms with E-state index in [1.54, 1.807) is 0 Å². The SMILES string of the molecule is CCCCCC1CCC([C@H]2CC[C@H](CCl)CC2)CC1. The molecule has 0 spiro atoms. The van der Waals surface area contributed by atoms with Gasteiger partial charge in [0.05, 0.1) is 0 Å². The Kier molecular flexibility index (Phi) is 7.05. The van der Waals surface area contributed by atoms with E-state index in [2.05, 4.69) is 6.92 Å². The summed E-state index contributed by atoms with van der Waals surface area (Å²) in [5, 5.41) is 0. The van der Waals surface area contributed by atoms with Crippen molar-refractivity contribution in [1.29, 1.82) is 0 Å². The van der Waals surface area contributed by atoms with E-state index in [1.165, 1.54) is 77.0 Å². The van der Waals surface area contributed by atoms with Crippen LogP contribution in [0.1, 0.15) is 84.0 Å². The van der Waals surface area contributed by atoms with Crippen LogP contribution in [-0.2, 0) is 0 Å². The van der Waals surface area contributed by atoms with E-state index in [9.17, 15) is 0 Å². The monoisotopic (exact) mass is 284 g/mol. The molecular formula is C18H33Cl. The minimum atomic E-state index is 0.836. The van der Waals surface area contributed by atoms with Crippen LogP contribution in [0.2, 0.25) is 0 Å². The van der Waals surface area contributed by atoms with Crippen LogP contribution in [0.3, 0.4) is 0 Å². The second kappa shape index (κ2) is 8.55. The molecule has 0 unspecified atom stereocenters. The van der Waals surface area contributed by atoms with Crippen molar-refractivity contribution in [3.05, 3.63) is 0 Å². The lowest BCUT2D eigenvalue weighted by Crippen LogP contribution is -2.26. The molecule has 2 fully saturated rings. The van der Waals surface area contributed by atoms with Gasteiger partial charge < -0.3 is 0 Å². The summed E-state index contributed by atoms with van der Waals surface area (Å²) in [4.78, 5) is 0. The van der Waals surface area contributed by atoms with Crippen molar-refractivity contribution < 1.29 is 0 Å². The van der Waals surface area contributed by atoms with Crippen molar-refractivity contribution in [3.63, 3.8) is 0 Å². The second-order valence-corrected chi connectivity index (χ2v) is 7.52. The number of rotatable bonds is 6. The first kappa shape index (κ1) is 15.7. The Hall–Kier alpha value is 0.290. The summed E-state index contributed by atoms with van der Waals surface area (Å²) < 4.78 is 0. The van der Waals surface area contributed by atoms with Crippen LogP contribution in [0, 0.1) is 23.7 Å². The smallest absolute Gasteiger partial charge is 0.0251 e. The highest BCUT2D eigenvalue weighted by molar-refractivity contribution is 6.18. The minimum absolute atomic E-state index is 0.836. The summed E-state index contributed by atoms with van der Waals surface area (Å²) in [6.07, 6.45) is 17.7. The lowest BCUT2D eigenvalue weighted by molar-refractivity contribution is 0.147. The van der Waals surface area contributed by atoms with Gasteiger partial charge in [-0.05, 0) is 62.2 Å². The highest BCUT2D eigenvalue weighted by Gasteiger charge is 2.30. The van der Waals surface area contributed by atoms with Crippen LogP contribution >= 0.6 is 11.6 Å². The second-order valence-electron chi connectivity index (χ2n) is 7.21. The number of unbranched alkanes of at least 4 members (excludes halogenated alkanes) is 2. The quantitative estimate of drug-likeness (QED) is 0.390. The zero-order chi connectivity index (χ0) is 13.5. The third kappa shape index (κ3) is 4.96. The van der Waals surface area contributed by atoms with Gasteiger partial charge >= 0.3 is 0 Å². The Bertz CT molecular complexity index is 222. The van der Waals surface area contributed by atoms with Crippen molar-refractivity contribution in [1.82, 2.24) is 0 Å². The number of halogens is 1. The number of hydrogen-bond acceptors (Lipinski definition) is 0. The maximum atomic E-state index is 5.99. The van der Waals surface area contributed by atoms with Crippen molar-refractivity contribution >= 4 is 11.6 Å². The first-order valence-electron chi connectivity index (χ1n) is 8.89. The van der Waals surface area contributed by atoms with Crippen LogP contribution in [0.25, 0.3) is 0 Å². The van der Waals surface area contributed by atoms with Crippen LogP contribution in [0.15, 0.2) is 0 Å². The van der Waals surface area contributed by atoms with Gasteiger partial charge in [0.2, 0.25) is 0 Å². The van der Waals surface area contributed by atoms with E-state index < -0.39 is 0 Å². The third-order valence-electron chi connectivity index (χ3n) is 5.88. The first-order valence-corrected chi connectivity index (χ1v) is 9.42. The minimum Gasteiger partial charge on any atom is -0.126 e. The molecule has 2 rings (SSSR count). The molecule has 2 aliphatic carbocycles. The van der Waals surface area contributed by atoms with Gasteiger partial charge in [0.1, 0.15) is 0 Å². The molecule has 2 saturated carbocycles. The van der Waals surface area contributed by atoms with Crippen molar-refractivity contribution in [3.8, 4) is 0 Å². The zero-order valence-electron chi connectivity index (χ0n) is 12.9. The molecule has 0 aromatic carbocycles. The molecule has 0 aromatic rings. The number of alkyl halides is 1. The van der Waals surface area contributed by atoms with E-state index in [4.69, 9.17) is 11.6 Å². The van der Waals surface area contributed by atoms with Gasteiger partial charge in [-0.15, -0.1) is 11.6 Å². The molecule has 0 heterocycles. The molecule has 0 aromatic heterocycles. The Labute approximate surface area is 125 Å². The average Bonchev–Trinajstić information content (AvgIpc) is 2.48. The highest BCUT2D eigenvalue weighted by atomic mass is 35.5. The first-order chi connectivity index (χ1) is 9.33. The van der Waals surface area contributed by atoms with E-state index in [0.29, 0.717) is 0 Å². The van der Waals surface area contributed by atoms with E-state index >= 15 is 0 Å². The van der Waals surface area contributed by atoms with Gasteiger partial charge in [0.15, 0.2) is 0 Å². The fourth-order valence-corrected chi connectivity index (χ4v) is 4.75. The van der Waals surface area contributed by atoms with Crippen molar-refractivity contribution in [2.45, 2.75) is 84.0 Å². The topological polar surface area (TPSA) is 0 Å². The van der Waals surface area contributed by atoms with Crippen LogP contribution in [0.5, 0.6) is 0 Å². The fourth-order valence-electron chi connectivity index (χ4n) is 4.45. The zero-order valence-corrected chi connectivity index (χ0v) is 13.6. The van der Waals surface area contributed by atoms with Crippen LogP contribution in [0.4, 0.5) is 0 Å². The molecule has 112 valence electrons. The molecule has 0 bridgehead atoms. The Morgan fingerprint density at radius 3 is 1.74 bits per heavy atom. The van der Waals surface area contributed by atoms with E-state index in [1.807, 2.05) is 0 Å². The maximum absolute atomic E-state index is 5.99. The summed E-state index contributed by atoms with van der Waals surface area (Å²) in [5.41, 5.74) is 0. The van der Waals surface area contributed by atoms with E-state index in [0.717, 1.165) is 29.6 Å². The Morgan fingerprint density at radius 1 is 0.737 bits per heavy atom. The third-order valence-corrected chi connectivity index (χ3v) is 6.32. The molecule has 1 heteroatoms. The average molecular weight is 285 g/mol. The lowest BCUT2D eigenvalue weighted by atomic mass is 9.69. The summed E-state index contributed by atoms with van der Waals surface area (Å²) in [5.74, 6) is 4.93. The molecule has 2 aliphatic rings. The molecule has 0 atom stereocenters. The predicted octanol–water partition coefficient (Wildman–Crippen LogP) is 6.42. The molecular weight excluding hydrogens is 252 g/mol. The molecule has 19 heavy (non-hydrogen) atoms. The summed E-state index contributed by atoms with van der Waals surface area (Å²) >= 11 is 5.99. The standard InChI is InChI=1S/C18H33Cl/c1-2-3-4-5-15-6-10-17(11-7-15)18-12-8-16(14-19)9-13-18/h15-18H,2-14H2,1H3/t15?,16-,17?,18-. The summed E-state index contributed by atoms with van der Waals surface area (Å²) in [7, 11) is 0. The molecule has 0 amide bonds. The highest BCUT2D eigenvalue weighted by Crippen LogP contribution is 2.42. The van der Waals surface area contributed by atoms with Gasteiger partial charge in [-0.3, -0.25) is 0 Å². The van der Waals surface area contributed by atoms with Gasteiger partial charge in [-0.1, -0.05) is 45.4 Å². The summed E-state index contributed by atoms with van der Waals surface area (Å²) in [6, 6.07) is 0. The normalized spacial score (nSPS) is 36.3. The Morgan fingerprint density at radius 2 is 1.26 bits per heavy atom. The van der Waals surface area contributed by atoms with Gasteiger partial charge in [0.25, 0.3) is 0 Å². The summed E-state index contributed by atoms with van der Waals surface area (Å²) in [6.45, 7) is 2.31. The largest absolute Gasteiger partial charge is 0.126 e. The van der Waals surface area contributed by atoms with Crippen molar-refractivity contribution in [2.75, 3.05) is 5.88 Å². The van der Waals surface area contributed by atoms with Crippen LogP contribution < -0.4 is 0 Å².